The Kier molecular flexibility index (Phi) is 7.29. The highest BCUT2D eigenvalue weighted by molar-refractivity contribution is 7.98. The molecule has 0 atom stereocenters. The molecule has 0 heterocycles. The number of thioether (sulfide) groups is 1. The zero-order valence-corrected chi connectivity index (χ0v) is 15.2. The summed E-state index contributed by atoms with van der Waals surface area (Å²) < 4.78 is 5.41. The van der Waals surface area contributed by atoms with Crippen LogP contribution in [-0.2, 0) is 9.53 Å². The maximum atomic E-state index is 11.9. The van der Waals surface area contributed by atoms with E-state index in [1.165, 1.54) is 16.0 Å². The molecule has 0 saturated heterocycles. The van der Waals surface area contributed by atoms with E-state index in [0.29, 0.717) is 13.0 Å². The Bertz CT molecular complexity index is 690. The van der Waals surface area contributed by atoms with Gasteiger partial charge in [-0.3, -0.25) is 4.79 Å². The highest BCUT2D eigenvalue weighted by atomic mass is 32.2. The molecule has 2 nitrogen and oxygen atoms in total. The number of carbonyl (C=O) groups excluding carboxylic acids is 1. The average molecular weight is 339 g/mol. The first-order chi connectivity index (χ1) is 11.6. The van der Waals surface area contributed by atoms with E-state index in [0.717, 1.165) is 5.56 Å². The molecule has 0 unspecified atom stereocenters. The van der Waals surface area contributed by atoms with Crippen molar-refractivity contribution in [2.75, 3.05) is 12.9 Å². The lowest BCUT2D eigenvalue weighted by Gasteiger charge is -2.09. The smallest absolute Gasteiger partial charge is 0.158 e. The maximum Gasteiger partial charge on any atom is 0.158 e. The van der Waals surface area contributed by atoms with Crippen molar-refractivity contribution in [3.05, 3.63) is 60.2 Å². The number of benzene rings is 2. The third-order valence-corrected chi connectivity index (χ3v) is 4.29. The van der Waals surface area contributed by atoms with Crippen LogP contribution in [0.1, 0.15) is 25.8 Å². The standard InChI is InChI=1S/C21H23O2S/c1-16(2)23-14-13-19(22)11-9-17-10-12-20(21(15-17)24-3)18-7-5-4-6-8-18/h5-12,15-16H,13-14H2,1-3H3. The molecule has 0 aliphatic heterocycles. The summed E-state index contributed by atoms with van der Waals surface area (Å²) in [6.45, 7) is 4.41. The summed E-state index contributed by atoms with van der Waals surface area (Å²) >= 11 is 1.71. The second-order valence-corrected chi connectivity index (χ2v) is 6.57. The summed E-state index contributed by atoms with van der Waals surface area (Å²) in [5, 5.41) is 0. The van der Waals surface area contributed by atoms with E-state index >= 15 is 0 Å². The topological polar surface area (TPSA) is 26.3 Å². The Hall–Kier alpha value is -1.84. The third-order valence-electron chi connectivity index (χ3n) is 3.52. The van der Waals surface area contributed by atoms with Gasteiger partial charge in [0.15, 0.2) is 5.78 Å². The van der Waals surface area contributed by atoms with Gasteiger partial charge in [-0.15, -0.1) is 11.8 Å². The lowest BCUT2D eigenvalue weighted by Crippen LogP contribution is -2.07. The molecule has 0 aliphatic rings. The van der Waals surface area contributed by atoms with Gasteiger partial charge in [0.25, 0.3) is 0 Å². The molecule has 125 valence electrons. The Morgan fingerprint density at radius 2 is 2.00 bits per heavy atom. The van der Waals surface area contributed by atoms with E-state index in [2.05, 4.69) is 36.6 Å². The normalized spacial score (nSPS) is 11.3. The van der Waals surface area contributed by atoms with Crippen molar-refractivity contribution >= 4 is 23.6 Å². The third kappa shape index (κ3) is 5.66. The SMILES string of the molecule is CSc1cc(C=CC(=O)CCOC(C)C)ccc1-c1cc[c]cc1. The van der Waals surface area contributed by atoms with E-state index in [-0.39, 0.29) is 11.9 Å². The van der Waals surface area contributed by atoms with Crippen LogP contribution in [0.2, 0.25) is 0 Å². The number of carbonyl (C=O) groups is 1. The fourth-order valence-corrected chi connectivity index (χ4v) is 2.94. The molecular weight excluding hydrogens is 316 g/mol. The lowest BCUT2D eigenvalue weighted by atomic mass is 10.0. The first-order valence-corrected chi connectivity index (χ1v) is 9.29. The van der Waals surface area contributed by atoms with E-state index < -0.39 is 0 Å². The molecule has 2 rings (SSSR count). The zero-order chi connectivity index (χ0) is 17.4. The number of ketones is 1. The van der Waals surface area contributed by atoms with Crippen LogP contribution in [0.25, 0.3) is 17.2 Å². The summed E-state index contributed by atoms with van der Waals surface area (Å²) in [7, 11) is 0. The lowest BCUT2D eigenvalue weighted by molar-refractivity contribution is -0.115. The summed E-state index contributed by atoms with van der Waals surface area (Å²) in [4.78, 5) is 13.1. The van der Waals surface area contributed by atoms with Crippen LogP contribution < -0.4 is 0 Å². The summed E-state index contributed by atoms with van der Waals surface area (Å²) in [5.41, 5.74) is 3.41. The van der Waals surface area contributed by atoms with E-state index in [1.54, 1.807) is 17.8 Å². The van der Waals surface area contributed by atoms with Crippen molar-refractivity contribution in [3.63, 3.8) is 0 Å². The van der Waals surface area contributed by atoms with Crippen LogP contribution >= 0.6 is 11.8 Å². The van der Waals surface area contributed by atoms with Gasteiger partial charge in [-0.25, -0.2) is 0 Å². The molecule has 1 radical (unpaired) electrons. The van der Waals surface area contributed by atoms with Crippen molar-refractivity contribution in [3.8, 4) is 11.1 Å². The second-order valence-electron chi connectivity index (χ2n) is 5.72. The monoisotopic (exact) mass is 339 g/mol. The quantitative estimate of drug-likeness (QED) is 0.484. The van der Waals surface area contributed by atoms with E-state index in [1.807, 2.05) is 38.1 Å². The molecule has 0 fully saturated rings. The highest BCUT2D eigenvalue weighted by Gasteiger charge is 2.05. The average Bonchev–Trinajstić information content (AvgIpc) is 2.60. The summed E-state index contributed by atoms with van der Waals surface area (Å²) in [6, 6.07) is 17.3. The fourth-order valence-electron chi connectivity index (χ4n) is 2.28. The number of allylic oxidation sites excluding steroid dienone is 1. The largest absolute Gasteiger partial charge is 0.378 e. The molecule has 0 amide bonds. The van der Waals surface area contributed by atoms with E-state index in [4.69, 9.17) is 4.74 Å². The van der Waals surface area contributed by atoms with Crippen molar-refractivity contribution in [1.29, 1.82) is 0 Å². The molecule has 0 saturated carbocycles. The first-order valence-electron chi connectivity index (χ1n) is 8.07. The molecule has 0 aliphatic carbocycles. The Balaban J connectivity index is 2.07. The predicted octanol–water partition coefficient (Wildman–Crippen LogP) is 5.27. The van der Waals surface area contributed by atoms with Gasteiger partial charge >= 0.3 is 0 Å². The van der Waals surface area contributed by atoms with Gasteiger partial charge < -0.3 is 4.74 Å². The Labute approximate surface area is 148 Å². The molecule has 0 spiro atoms. The summed E-state index contributed by atoms with van der Waals surface area (Å²) in [6.07, 6.45) is 6.16. The van der Waals surface area contributed by atoms with Crippen molar-refractivity contribution in [1.82, 2.24) is 0 Å². The van der Waals surface area contributed by atoms with Crippen LogP contribution in [0.4, 0.5) is 0 Å². The number of rotatable bonds is 8. The summed E-state index contributed by atoms with van der Waals surface area (Å²) in [5.74, 6) is 0.0871. The minimum Gasteiger partial charge on any atom is -0.378 e. The Morgan fingerprint density at radius 1 is 1.25 bits per heavy atom. The van der Waals surface area contributed by atoms with Crippen LogP contribution in [0.15, 0.2) is 53.4 Å². The maximum absolute atomic E-state index is 11.9. The van der Waals surface area contributed by atoms with Crippen LogP contribution in [0.5, 0.6) is 0 Å². The number of ether oxygens (including phenoxy) is 1. The molecule has 0 aromatic heterocycles. The first kappa shape index (κ1) is 18.5. The molecule has 0 bridgehead atoms. The van der Waals surface area contributed by atoms with Gasteiger partial charge in [0.05, 0.1) is 12.7 Å². The molecule has 3 heteroatoms. The van der Waals surface area contributed by atoms with Gasteiger partial charge in [-0.05, 0) is 55.0 Å². The molecule has 24 heavy (non-hydrogen) atoms. The van der Waals surface area contributed by atoms with Gasteiger partial charge in [0, 0.05) is 11.3 Å². The van der Waals surface area contributed by atoms with Gasteiger partial charge in [0.1, 0.15) is 0 Å². The van der Waals surface area contributed by atoms with Gasteiger partial charge in [-0.2, -0.15) is 0 Å². The molecule has 2 aromatic carbocycles. The number of hydrogen-bond donors (Lipinski definition) is 0. The highest BCUT2D eigenvalue weighted by Crippen LogP contribution is 2.31. The second kappa shape index (κ2) is 9.45. The van der Waals surface area contributed by atoms with E-state index in [9.17, 15) is 4.79 Å². The zero-order valence-electron chi connectivity index (χ0n) is 14.4. The fraction of sp³-hybridized carbons (Fsp3) is 0.286. The van der Waals surface area contributed by atoms with Gasteiger partial charge in [-0.1, -0.05) is 42.5 Å². The Morgan fingerprint density at radius 3 is 2.67 bits per heavy atom. The van der Waals surface area contributed by atoms with Crippen molar-refractivity contribution in [2.24, 2.45) is 0 Å². The predicted molar refractivity (Wildman–Crippen MR) is 102 cm³/mol. The molecule has 0 N–H and O–H groups in total. The molecule has 2 aromatic rings. The number of hydrogen-bond acceptors (Lipinski definition) is 3. The minimum absolute atomic E-state index is 0.0871. The van der Waals surface area contributed by atoms with Crippen LogP contribution in [0.3, 0.4) is 0 Å². The van der Waals surface area contributed by atoms with Crippen LogP contribution in [0, 0.1) is 6.07 Å². The van der Waals surface area contributed by atoms with Gasteiger partial charge in [0.2, 0.25) is 0 Å². The molecular formula is C21H23O2S. The van der Waals surface area contributed by atoms with Crippen molar-refractivity contribution < 1.29 is 9.53 Å². The minimum atomic E-state index is 0.0871. The van der Waals surface area contributed by atoms with Crippen LogP contribution in [-0.4, -0.2) is 24.7 Å². The van der Waals surface area contributed by atoms with Crippen molar-refractivity contribution in [2.45, 2.75) is 31.3 Å².